The van der Waals surface area contributed by atoms with Gasteiger partial charge in [0.2, 0.25) is 0 Å². The third kappa shape index (κ3) is 5.09. The highest BCUT2D eigenvalue weighted by Gasteiger charge is 2.57. The molecule has 5 rings (SSSR count). The third-order valence-corrected chi connectivity index (χ3v) is 8.43. The number of carbonyl (C=O) groups excluding carboxylic acids is 1. The number of unbranched alkanes of at least 4 members (excludes halogenated alkanes) is 1. The van der Waals surface area contributed by atoms with Crippen molar-refractivity contribution in [3.63, 3.8) is 0 Å². The van der Waals surface area contributed by atoms with Crippen LogP contribution in [0.5, 0.6) is 0 Å². The minimum absolute atomic E-state index is 0.0460. The summed E-state index contributed by atoms with van der Waals surface area (Å²) in [5, 5.41) is 15.4. The largest absolute Gasteiger partial charge is 0.481 e. The van der Waals surface area contributed by atoms with Gasteiger partial charge in [0.05, 0.1) is 5.56 Å². The van der Waals surface area contributed by atoms with Gasteiger partial charge in [-0.15, -0.1) is 11.3 Å². The highest BCUT2D eigenvalue weighted by molar-refractivity contribution is 7.17. The van der Waals surface area contributed by atoms with Gasteiger partial charge in [-0.3, -0.25) is 9.59 Å². The zero-order chi connectivity index (χ0) is 23.3. The fourth-order valence-corrected chi connectivity index (χ4v) is 6.44. The maximum absolute atomic E-state index is 13.2. The number of amides is 1. The molecule has 1 amide bonds. The molecule has 3 saturated carbocycles. The Morgan fingerprint density at radius 3 is 2.69 bits per heavy atom. The zero-order valence-corrected chi connectivity index (χ0v) is 20.6. The average molecular weight is 456 g/mol. The molecule has 3 fully saturated rings. The summed E-state index contributed by atoms with van der Waals surface area (Å²) in [5.74, 6) is 1.02. The van der Waals surface area contributed by atoms with Gasteiger partial charge in [0.25, 0.3) is 5.91 Å². The van der Waals surface area contributed by atoms with Gasteiger partial charge in [-0.25, -0.2) is 0 Å². The first kappa shape index (κ1) is 24.5. The molecule has 3 aliphatic rings. The Bertz CT molecular complexity index is 961. The van der Waals surface area contributed by atoms with Crippen molar-refractivity contribution >= 4 is 33.3 Å². The van der Waals surface area contributed by atoms with E-state index in [0.29, 0.717) is 18.3 Å². The first-order chi connectivity index (χ1) is 15.4. The normalized spacial score (nSPS) is 25.6. The summed E-state index contributed by atoms with van der Waals surface area (Å²) in [6.07, 6.45) is 9.32. The van der Waals surface area contributed by atoms with Crippen LogP contribution in [0.1, 0.15) is 76.6 Å². The number of aliphatic carboxylic acids is 1. The summed E-state index contributed by atoms with van der Waals surface area (Å²) in [6.45, 7) is 8.70. The summed E-state index contributed by atoms with van der Waals surface area (Å²) < 4.78 is 1.06. The van der Waals surface area contributed by atoms with Crippen LogP contribution in [-0.2, 0) is 4.79 Å². The monoisotopic (exact) mass is 455 g/mol. The number of allylic oxidation sites excluding steroid dienone is 2. The van der Waals surface area contributed by atoms with E-state index in [-0.39, 0.29) is 23.8 Å². The number of hydrogen-bond donors (Lipinski definition) is 2. The van der Waals surface area contributed by atoms with E-state index < -0.39 is 5.97 Å². The van der Waals surface area contributed by atoms with E-state index in [0.717, 1.165) is 40.8 Å². The lowest BCUT2D eigenvalue weighted by Crippen LogP contribution is -2.63. The van der Waals surface area contributed by atoms with Crippen LogP contribution in [0.3, 0.4) is 0 Å². The molecule has 1 heterocycles. The number of nitrogens with one attached hydrogen (secondary N) is 1. The molecule has 3 aliphatic carbocycles. The van der Waals surface area contributed by atoms with Crippen molar-refractivity contribution < 1.29 is 14.7 Å². The Balaban J connectivity index is 0.00000141. The molecule has 1 aromatic heterocycles. The number of rotatable bonds is 8. The summed E-state index contributed by atoms with van der Waals surface area (Å²) in [7, 11) is 0. The second-order valence-corrected chi connectivity index (χ2v) is 10.4. The van der Waals surface area contributed by atoms with E-state index in [9.17, 15) is 9.59 Å². The molecule has 0 saturated heterocycles. The molecule has 1 aromatic carbocycles. The Hall–Kier alpha value is -2.14. The lowest BCUT2D eigenvalue weighted by Gasteiger charge is -2.62. The van der Waals surface area contributed by atoms with Crippen molar-refractivity contribution in [3.8, 4) is 0 Å². The van der Waals surface area contributed by atoms with Crippen LogP contribution < -0.4 is 5.32 Å². The van der Waals surface area contributed by atoms with Crippen LogP contribution >= 0.6 is 11.3 Å². The highest BCUT2D eigenvalue weighted by Crippen LogP contribution is 2.61. The van der Waals surface area contributed by atoms with Crippen molar-refractivity contribution in [1.29, 1.82) is 0 Å². The molecule has 174 valence electrons. The van der Waals surface area contributed by atoms with Crippen molar-refractivity contribution in [2.45, 2.75) is 72.3 Å². The van der Waals surface area contributed by atoms with E-state index >= 15 is 0 Å². The molecule has 2 aromatic rings. The lowest BCUT2D eigenvalue weighted by atomic mass is 9.44. The molecule has 5 heteroatoms. The number of hydrogen-bond acceptors (Lipinski definition) is 3. The van der Waals surface area contributed by atoms with E-state index in [4.69, 9.17) is 5.11 Å². The van der Waals surface area contributed by atoms with Crippen LogP contribution in [0, 0.1) is 23.2 Å². The van der Waals surface area contributed by atoms with Gasteiger partial charge in [0.15, 0.2) is 0 Å². The molecular formula is C27H37NO3S. The molecule has 2 bridgehead atoms. The maximum Gasteiger partial charge on any atom is 0.303 e. The van der Waals surface area contributed by atoms with Crippen LogP contribution in [0.2, 0.25) is 0 Å². The summed E-state index contributed by atoms with van der Waals surface area (Å²) in [6, 6.07) is 8.21. The van der Waals surface area contributed by atoms with E-state index in [1.165, 1.54) is 6.42 Å². The predicted octanol–water partition coefficient (Wildman–Crippen LogP) is 6.91. The fraction of sp³-hybridized carbons (Fsp3) is 0.556. The smallest absolute Gasteiger partial charge is 0.303 e. The first-order valence-electron chi connectivity index (χ1n) is 12.0. The molecule has 0 aliphatic heterocycles. The number of carbonyl (C=O) groups is 2. The Kier molecular flexibility index (Phi) is 8.16. The minimum Gasteiger partial charge on any atom is -0.481 e. The van der Waals surface area contributed by atoms with E-state index in [1.54, 1.807) is 11.3 Å². The van der Waals surface area contributed by atoms with Crippen LogP contribution in [0.4, 0.5) is 0 Å². The van der Waals surface area contributed by atoms with Crippen molar-refractivity contribution in [1.82, 2.24) is 5.32 Å². The quantitative estimate of drug-likeness (QED) is 0.336. The Morgan fingerprint density at radius 2 is 1.97 bits per heavy atom. The number of thiophene rings is 1. The molecule has 4 atom stereocenters. The fourth-order valence-electron chi connectivity index (χ4n) is 5.53. The molecule has 0 spiro atoms. The third-order valence-electron chi connectivity index (χ3n) is 7.46. The number of carboxylic acid groups (broad SMARTS) is 1. The molecule has 2 N–H and O–H groups in total. The van der Waals surface area contributed by atoms with Gasteiger partial charge in [0.1, 0.15) is 0 Å². The standard InChI is InChI=1S/C25H31NO3S.C2H6/c1-25(2)18-14-17(8-5-3-4-6-11-21(27)28)22(20(25)15-18)26-24(29)19-10-7-9-16-12-13-30-23(16)19;1-2/h3,5,7,9-10,12-13,17-18,20,22H,4,6,8,11,14-15H2,1-2H3,(H,26,29)(H,27,28);1-2H3/b5-3-;/t17-,18-,20-,22?;/m0./s1. The average Bonchev–Trinajstić information content (AvgIpc) is 3.26. The summed E-state index contributed by atoms with van der Waals surface area (Å²) in [5.41, 5.74) is 1.07. The van der Waals surface area contributed by atoms with Crippen LogP contribution in [-0.4, -0.2) is 23.0 Å². The lowest BCUT2D eigenvalue weighted by molar-refractivity contribution is -0.137. The van der Waals surface area contributed by atoms with Gasteiger partial charge in [0, 0.05) is 17.2 Å². The molecule has 1 unspecified atom stereocenters. The second-order valence-electron chi connectivity index (χ2n) is 9.49. The zero-order valence-electron chi connectivity index (χ0n) is 19.8. The van der Waals surface area contributed by atoms with Crippen LogP contribution in [0.25, 0.3) is 10.1 Å². The molecule has 0 radical (unpaired) electrons. The molecule has 4 nitrogen and oxygen atoms in total. The van der Waals surface area contributed by atoms with Crippen molar-refractivity contribution in [3.05, 3.63) is 47.4 Å². The number of fused-ring (bicyclic) bond motifs is 3. The molecule has 32 heavy (non-hydrogen) atoms. The number of carboxylic acids is 1. The predicted molar refractivity (Wildman–Crippen MR) is 133 cm³/mol. The first-order valence-corrected chi connectivity index (χ1v) is 12.9. The highest BCUT2D eigenvalue weighted by atomic mass is 32.1. The maximum atomic E-state index is 13.2. The Morgan fingerprint density at radius 1 is 1.19 bits per heavy atom. The minimum atomic E-state index is -0.735. The van der Waals surface area contributed by atoms with Gasteiger partial charge in [-0.05, 0) is 78.2 Å². The summed E-state index contributed by atoms with van der Waals surface area (Å²) in [4.78, 5) is 23.9. The summed E-state index contributed by atoms with van der Waals surface area (Å²) >= 11 is 1.63. The van der Waals surface area contributed by atoms with Crippen LogP contribution in [0.15, 0.2) is 41.8 Å². The van der Waals surface area contributed by atoms with Crippen molar-refractivity contribution in [2.24, 2.45) is 23.2 Å². The number of benzene rings is 1. The van der Waals surface area contributed by atoms with E-state index in [1.807, 2.05) is 31.4 Å². The van der Waals surface area contributed by atoms with Gasteiger partial charge < -0.3 is 10.4 Å². The topological polar surface area (TPSA) is 66.4 Å². The van der Waals surface area contributed by atoms with Gasteiger partial charge in [-0.1, -0.05) is 52.0 Å². The van der Waals surface area contributed by atoms with Gasteiger partial charge in [-0.2, -0.15) is 0 Å². The SMILES string of the molecule is CC.CC1(C)[C@H]2C[C@H](C/C=C\CCCC(=O)O)C(NC(=O)c3cccc4ccsc34)[C@@H]1C2. The Labute approximate surface area is 196 Å². The second kappa shape index (κ2) is 10.7. The molecular weight excluding hydrogens is 418 g/mol. The van der Waals surface area contributed by atoms with Crippen molar-refractivity contribution in [2.75, 3.05) is 0 Å². The van der Waals surface area contributed by atoms with E-state index in [2.05, 4.69) is 43.4 Å². The van der Waals surface area contributed by atoms with Gasteiger partial charge >= 0.3 is 5.97 Å².